The number of halogens is 2. The van der Waals surface area contributed by atoms with Gasteiger partial charge in [0.25, 0.3) is 10.0 Å². The maximum Gasteiger partial charge on any atom is 0.264 e. The SMILES string of the molecule is O=C(NC1CCCC1)C(Cc1ccccc1)N(Cc1ccc(Br)cc1)C(=O)CN(c1ccc(Cl)cc1)S(=O)(=O)c1ccccc1. The van der Waals surface area contributed by atoms with Crippen LogP contribution in [0.5, 0.6) is 0 Å². The van der Waals surface area contributed by atoms with Gasteiger partial charge in [0.05, 0.1) is 10.6 Å². The zero-order valence-electron chi connectivity index (χ0n) is 24.7. The number of carbonyl (C=O) groups is 2. The van der Waals surface area contributed by atoms with Gasteiger partial charge in [0.1, 0.15) is 12.6 Å². The molecule has 1 atom stereocenters. The fourth-order valence-corrected chi connectivity index (χ4v) is 7.39. The lowest BCUT2D eigenvalue weighted by atomic mass is 10.0. The van der Waals surface area contributed by atoms with Crippen molar-refractivity contribution in [3.05, 3.63) is 130 Å². The van der Waals surface area contributed by atoms with E-state index in [0.717, 1.165) is 45.6 Å². The molecule has 1 aliphatic carbocycles. The number of amides is 2. The Hall–Kier alpha value is -3.66. The predicted octanol–water partition coefficient (Wildman–Crippen LogP) is 7.00. The molecule has 0 spiro atoms. The molecule has 1 fully saturated rings. The molecule has 234 valence electrons. The van der Waals surface area contributed by atoms with Crippen molar-refractivity contribution in [2.45, 2.75) is 55.6 Å². The van der Waals surface area contributed by atoms with Gasteiger partial charge in [-0.25, -0.2) is 8.42 Å². The van der Waals surface area contributed by atoms with Gasteiger partial charge in [-0.15, -0.1) is 0 Å². The van der Waals surface area contributed by atoms with Gasteiger partial charge < -0.3 is 10.2 Å². The summed E-state index contributed by atoms with van der Waals surface area (Å²) >= 11 is 9.60. The lowest BCUT2D eigenvalue weighted by molar-refractivity contribution is -0.140. The quantitative estimate of drug-likeness (QED) is 0.172. The maximum absolute atomic E-state index is 14.5. The number of benzene rings is 4. The van der Waals surface area contributed by atoms with E-state index in [9.17, 15) is 18.0 Å². The first-order valence-electron chi connectivity index (χ1n) is 14.9. The summed E-state index contributed by atoms with van der Waals surface area (Å²) in [5.41, 5.74) is 1.99. The van der Waals surface area contributed by atoms with Crippen LogP contribution >= 0.6 is 27.5 Å². The molecule has 0 heterocycles. The monoisotopic (exact) mass is 707 g/mol. The first kappa shape index (κ1) is 32.7. The van der Waals surface area contributed by atoms with Crippen LogP contribution in [0.2, 0.25) is 5.02 Å². The highest BCUT2D eigenvalue weighted by Gasteiger charge is 2.35. The number of anilines is 1. The first-order valence-corrected chi connectivity index (χ1v) is 17.5. The normalized spacial score (nSPS) is 14.1. The Morgan fingerprint density at radius 2 is 1.42 bits per heavy atom. The predicted molar refractivity (Wildman–Crippen MR) is 181 cm³/mol. The highest BCUT2D eigenvalue weighted by atomic mass is 79.9. The van der Waals surface area contributed by atoms with Crippen LogP contribution < -0.4 is 9.62 Å². The first-order chi connectivity index (χ1) is 21.7. The third kappa shape index (κ3) is 8.54. The van der Waals surface area contributed by atoms with Crippen LogP contribution in [0.1, 0.15) is 36.8 Å². The minimum Gasteiger partial charge on any atom is -0.352 e. The third-order valence-corrected chi connectivity index (χ3v) is 10.5. The Labute approximate surface area is 278 Å². The lowest BCUT2D eigenvalue weighted by Gasteiger charge is -2.34. The molecular formula is C35H35BrClN3O4S. The van der Waals surface area contributed by atoms with E-state index in [1.54, 1.807) is 42.5 Å². The Kier molecular flexibility index (Phi) is 11.0. The summed E-state index contributed by atoms with van der Waals surface area (Å²) in [4.78, 5) is 30.1. The standard InChI is InChI=1S/C35H35BrClN3O4S/c36-28-17-15-27(16-18-28)24-39(33(23-26-9-3-1-4-10-26)35(42)38-30-11-7-8-12-30)34(41)25-40(31-21-19-29(37)20-22-31)45(43,44)32-13-5-2-6-14-32/h1-6,9-10,13-22,30,33H,7-8,11-12,23-25H2,(H,38,42). The Morgan fingerprint density at radius 3 is 2.04 bits per heavy atom. The summed E-state index contributed by atoms with van der Waals surface area (Å²) in [6, 6.07) is 30.6. The van der Waals surface area contributed by atoms with Gasteiger partial charge in [0.15, 0.2) is 0 Å². The number of sulfonamides is 1. The van der Waals surface area contributed by atoms with Crippen molar-refractivity contribution >= 4 is 55.1 Å². The molecular weight excluding hydrogens is 674 g/mol. The van der Waals surface area contributed by atoms with Gasteiger partial charge in [-0.2, -0.15) is 0 Å². The second kappa shape index (κ2) is 15.1. The second-order valence-electron chi connectivity index (χ2n) is 11.1. The molecule has 7 nitrogen and oxygen atoms in total. The van der Waals surface area contributed by atoms with E-state index < -0.39 is 28.5 Å². The summed E-state index contributed by atoms with van der Waals surface area (Å²) in [5, 5.41) is 3.63. The molecule has 10 heteroatoms. The van der Waals surface area contributed by atoms with Crippen LogP contribution in [-0.2, 0) is 32.6 Å². The van der Waals surface area contributed by atoms with Crippen LogP contribution in [0, 0.1) is 0 Å². The number of carbonyl (C=O) groups excluding carboxylic acids is 2. The van der Waals surface area contributed by atoms with E-state index in [2.05, 4.69) is 21.2 Å². The van der Waals surface area contributed by atoms with Crippen LogP contribution in [-0.4, -0.2) is 43.8 Å². The van der Waals surface area contributed by atoms with E-state index >= 15 is 0 Å². The molecule has 5 rings (SSSR count). The Bertz CT molecular complexity index is 1680. The zero-order chi connectivity index (χ0) is 31.8. The molecule has 1 saturated carbocycles. The highest BCUT2D eigenvalue weighted by Crippen LogP contribution is 2.27. The van der Waals surface area contributed by atoms with Gasteiger partial charge in [0.2, 0.25) is 11.8 Å². The van der Waals surface area contributed by atoms with Crippen LogP contribution in [0.15, 0.2) is 119 Å². The van der Waals surface area contributed by atoms with Crippen LogP contribution in [0.3, 0.4) is 0 Å². The zero-order valence-corrected chi connectivity index (χ0v) is 27.8. The highest BCUT2D eigenvalue weighted by molar-refractivity contribution is 9.10. The van der Waals surface area contributed by atoms with E-state index in [1.165, 1.54) is 17.0 Å². The molecule has 0 aliphatic heterocycles. The summed E-state index contributed by atoms with van der Waals surface area (Å²) < 4.78 is 30.0. The fourth-order valence-electron chi connectivity index (χ4n) is 5.56. The number of hydrogen-bond acceptors (Lipinski definition) is 4. The summed E-state index contributed by atoms with van der Waals surface area (Å²) in [7, 11) is -4.16. The molecule has 4 aromatic carbocycles. The number of rotatable bonds is 12. The van der Waals surface area contributed by atoms with Crippen molar-refractivity contribution in [1.82, 2.24) is 10.2 Å². The average Bonchev–Trinajstić information content (AvgIpc) is 3.57. The van der Waals surface area contributed by atoms with Crippen LogP contribution in [0.4, 0.5) is 5.69 Å². The van der Waals surface area contributed by atoms with Gasteiger partial charge in [-0.3, -0.25) is 13.9 Å². The van der Waals surface area contributed by atoms with Gasteiger partial charge in [-0.1, -0.05) is 101 Å². The van der Waals surface area contributed by atoms with Gasteiger partial charge >= 0.3 is 0 Å². The molecule has 45 heavy (non-hydrogen) atoms. The van der Waals surface area contributed by atoms with Gasteiger partial charge in [-0.05, 0) is 72.5 Å². The van der Waals surface area contributed by atoms with Crippen molar-refractivity contribution in [2.75, 3.05) is 10.8 Å². The molecule has 0 saturated heterocycles. The molecule has 0 bridgehead atoms. The summed E-state index contributed by atoms with van der Waals surface area (Å²) in [5.74, 6) is -0.755. The van der Waals surface area contributed by atoms with E-state index in [4.69, 9.17) is 11.6 Å². The van der Waals surface area contributed by atoms with Crippen molar-refractivity contribution in [1.29, 1.82) is 0 Å². The lowest BCUT2D eigenvalue weighted by Crippen LogP contribution is -2.54. The smallest absolute Gasteiger partial charge is 0.264 e. The van der Waals surface area contributed by atoms with Crippen molar-refractivity contribution in [2.24, 2.45) is 0 Å². The molecule has 4 aromatic rings. The van der Waals surface area contributed by atoms with Gasteiger partial charge in [0, 0.05) is 28.5 Å². The number of nitrogens with one attached hydrogen (secondary N) is 1. The van der Waals surface area contributed by atoms with Crippen molar-refractivity contribution in [3.63, 3.8) is 0 Å². The largest absolute Gasteiger partial charge is 0.352 e. The second-order valence-corrected chi connectivity index (χ2v) is 14.4. The minimum absolute atomic E-state index is 0.0458. The van der Waals surface area contributed by atoms with E-state index in [1.807, 2.05) is 54.6 Å². The average molecular weight is 709 g/mol. The van der Waals surface area contributed by atoms with E-state index in [0.29, 0.717) is 5.02 Å². The minimum atomic E-state index is -4.16. The topological polar surface area (TPSA) is 86.8 Å². The van der Waals surface area contributed by atoms with Crippen LogP contribution in [0.25, 0.3) is 0 Å². The molecule has 1 unspecified atom stereocenters. The van der Waals surface area contributed by atoms with Crippen molar-refractivity contribution < 1.29 is 18.0 Å². The molecule has 2 amide bonds. The van der Waals surface area contributed by atoms with E-state index in [-0.39, 0.29) is 35.5 Å². The summed E-state index contributed by atoms with van der Waals surface area (Å²) in [6.07, 6.45) is 4.15. The molecule has 0 radical (unpaired) electrons. The molecule has 0 aromatic heterocycles. The number of nitrogens with zero attached hydrogens (tertiary/aromatic N) is 2. The Balaban J connectivity index is 1.55. The Morgan fingerprint density at radius 1 is 0.822 bits per heavy atom. The fraction of sp³-hybridized carbons (Fsp3) is 0.257. The maximum atomic E-state index is 14.5. The summed E-state index contributed by atoms with van der Waals surface area (Å²) in [6.45, 7) is -0.404. The third-order valence-electron chi connectivity index (χ3n) is 7.96. The number of hydrogen-bond donors (Lipinski definition) is 1. The molecule has 1 aliphatic rings. The van der Waals surface area contributed by atoms with Crippen molar-refractivity contribution in [3.8, 4) is 0 Å². The molecule has 1 N–H and O–H groups in total.